The molecule has 10 heteroatoms. The molecule has 0 fully saturated rings. The molecule has 0 aromatic carbocycles. The molecule has 134 valence electrons. The fourth-order valence-corrected chi connectivity index (χ4v) is 1.76. The minimum atomic E-state index is -5.22. The zero-order valence-electron chi connectivity index (χ0n) is 12.5. The van der Waals surface area contributed by atoms with Gasteiger partial charge in [0.05, 0.1) is 13.2 Å². The topological polar surface area (TPSA) is 96.0 Å². The Balaban J connectivity index is 3.48. The summed E-state index contributed by atoms with van der Waals surface area (Å²) in [7, 11) is -5.22. The maximum atomic E-state index is 11.9. The second-order valence-electron chi connectivity index (χ2n) is 4.43. The minimum Gasteiger partial charge on any atom is -0.463 e. The number of alkyl halides is 2. The van der Waals surface area contributed by atoms with E-state index in [4.69, 9.17) is 4.74 Å². The summed E-state index contributed by atoms with van der Waals surface area (Å²) in [5.74, 6) is -4.25. The molecule has 0 saturated carbocycles. The predicted octanol–water partition coefficient (Wildman–Crippen LogP) is 2.76. The van der Waals surface area contributed by atoms with Crippen LogP contribution in [0.5, 0.6) is 0 Å². The van der Waals surface area contributed by atoms with Gasteiger partial charge in [0, 0.05) is 6.08 Å². The molecule has 7 nitrogen and oxygen atoms in total. The van der Waals surface area contributed by atoms with Crippen LogP contribution in [0, 0.1) is 0 Å². The fourth-order valence-electron chi connectivity index (χ4n) is 1.45. The van der Waals surface area contributed by atoms with Crippen molar-refractivity contribution >= 4 is 22.2 Å². The smallest absolute Gasteiger partial charge is 0.463 e. The lowest BCUT2D eigenvalue weighted by Crippen LogP contribution is -2.20. The van der Waals surface area contributed by atoms with Crippen LogP contribution in [0.3, 0.4) is 0 Å². The average molecular weight is 358 g/mol. The normalized spacial score (nSPS) is 11.1. The van der Waals surface area contributed by atoms with Gasteiger partial charge in [-0.2, -0.15) is 17.2 Å². The molecule has 0 amide bonds. The zero-order chi connectivity index (χ0) is 17.7. The summed E-state index contributed by atoms with van der Waals surface area (Å²) in [6, 6.07) is 0. The van der Waals surface area contributed by atoms with E-state index in [9.17, 15) is 26.8 Å². The van der Waals surface area contributed by atoms with Crippen LogP contribution in [0.2, 0.25) is 0 Å². The van der Waals surface area contributed by atoms with Crippen molar-refractivity contribution in [2.45, 2.75) is 44.3 Å². The molecule has 0 aromatic heterocycles. The Hall–Kier alpha value is -1.71. The van der Waals surface area contributed by atoms with Gasteiger partial charge in [0.25, 0.3) is 0 Å². The molecule has 0 radical (unpaired) electrons. The van der Waals surface area contributed by atoms with E-state index in [-0.39, 0.29) is 6.61 Å². The lowest BCUT2D eigenvalue weighted by atomic mass is 10.1. The number of hydrogen-bond donors (Lipinski definition) is 0. The predicted molar refractivity (Wildman–Crippen MR) is 76.2 cm³/mol. The second kappa shape index (κ2) is 11.8. The van der Waals surface area contributed by atoms with Crippen molar-refractivity contribution in [3.63, 3.8) is 0 Å². The van der Waals surface area contributed by atoms with Crippen molar-refractivity contribution in [3.05, 3.63) is 12.7 Å². The highest BCUT2D eigenvalue weighted by molar-refractivity contribution is 7.87. The average Bonchev–Trinajstić information content (AvgIpc) is 2.48. The number of hydrogen-bond acceptors (Lipinski definition) is 7. The Morgan fingerprint density at radius 1 is 0.957 bits per heavy atom. The number of esters is 1. The van der Waals surface area contributed by atoms with E-state index in [0.717, 1.165) is 31.8 Å². The molecule has 0 heterocycles. The molecule has 0 bridgehead atoms. The van der Waals surface area contributed by atoms with Gasteiger partial charge >= 0.3 is 28.0 Å². The summed E-state index contributed by atoms with van der Waals surface area (Å²) in [4.78, 5) is 21.6. The number of halogens is 2. The Morgan fingerprint density at radius 2 is 1.43 bits per heavy atom. The second-order valence-corrected chi connectivity index (χ2v) is 5.94. The van der Waals surface area contributed by atoms with Crippen LogP contribution < -0.4 is 0 Å². The van der Waals surface area contributed by atoms with Crippen LogP contribution in [-0.2, 0) is 28.6 Å². The number of carbonyl (C=O) groups is 2. The van der Waals surface area contributed by atoms with E-state index < -0.39 is 28.0 Å². The molecule has 0 spiro atoms. The third-order valence-corrected chi connectivity index (χ3v) is 3.38. The van der Waals surface area contributed by atoms with E-state index in [1.807, 2.05) is 0 Å². The number of ether oxygens (including phenoxy) is 2. The lowest BCUT2D eigenvalue weighted by Gasteiger charge is -2.06. The van der Waals surface area contributed by atoms with E-state index >= 15 is 0 Å². The molecule has 0 aliphatic carbocycles. The molecule has 0 unspecified atom stereocenters. The minimum absolute atomic E-state index is 0.117. The summed E-state index contributed by atoms with van der Waals surface area (Å²) >= 11 is 0. The third kappa shape index (κ3) is 11.5. The quantitative estimate of drug-likeness (QED) is 0.229. The lowest BCUT2D eigenvalue weighted by molar-refractivity contribution is -0.137. The Labute approximate surface area is 133 Å². The Bertz CT molecular complexity index is 477. The van der Waals surface area contributed by atoms with Crippen LogP contribution in [-0.4, -0.2) is 39.5 Å². The van der Waals surface area contributed by atoms with Crippen molar-refractivity contribution in [2.24, 2.45) is 0 Å². The number of carbonyl (C=O) groups excluding carboxylic acids is 2. The maximum absolute atomic E-state index is 11.9. The van der Waals surface area contributed by atoms with Gasteiger partial charge in [0.2, 0.25) is 0 Å². The molecular formula is C13H20F2O7S. The highest BCUT2D eigenvalue weighted by atomic mass is 32.2. The standard InChI is InChI=1S/C13H20F2O7S/c1-2-11(16)20-9-7-5-3-4-6-8-10-21-13(17)22-23(18,19)12(14)15/h2,12H,1,3-10H2. The van der Waals surface area contributed by atoms with Gasteiger partial charge in [-0.3, -0.25) is 0 Å². The van der Waals surface area contributed by atoms with Crippen LogP contribution in [0.25, 0.3) is 0 Å². The highest BCUT2D eigenvalue weighted by Gasteiger charge is 2.29. The summed E-state index contributed by atoms with van der Waals surface area (Å²) in [5.41, 5.74) is 0. The zero-order valence-corrected chi connectivity index (χ0v) is 13.4. The van der Waals surface area contributed by atoms with Crippen molar-refractivity contribution in [3.8, 4) is 0 Å². The van der Waals surface area contributed by atoms with Gasteiger partial charge in [0.15, 0.2) is 0 Å². The molecular weight excluding hydrogens is 338 g/mol. The van der Waals surface area contributed by atoms with Gasteiger partial charge in [-0.1, -0.05) is 32.3 Å². The van der Waals surface area contributed by atoms with Crippen molar-refractivity contribution < 1.29 is 40.4 Å². The van der Waals surface area contributed by atoms with Gasteiger partial charge in [-0.05, 0) is 12.8 Å². The first kappa shape index (κ1) is 21.3. The SMILES string of the molecule is C=CC(=O)OCCCCCCCCOC(=O)OS(=O)(=O)C(F)F. The van der Waals surface area contributed by atoms with Crippen molar-refractivity contribution in [1.82, 2.24) is 0 Å². The van der Waals surface area contributed by atoms with Crippen LogP contribution in [0.15, 0.2) is 12.7 Å². The fraction of sp³-hybridized carbons (Fsp3) is 0.692. The molecule has 0 aliphatic heterocycles. The first-order valence-electron chi connectivity index (χ1n) is 6.97. The van der Waals surface area contributed by atoms with Crippen LogP contribution in [0.1, 0.15) is 38.5 Å². The van der Waals surface area contributed by atoms with Crippen molar-refractivity contribution in [2.75, 3.05) is 13.2 Å². The largest absolute Gasteiger partial charge is 0.524 e. The van der Waals surface area contributed by atoms with Gasteiger partial charge in [-0.25, -0.2) is 9.59 Å². The maximum Gasteiger partial charge on any atom is 0.524 e. The Morgan fingerprint density at radius 3 is 1.91 bits per heavy atom. The highest BCUT2D eigenvalue weighted by Crippen LogP contribution is 2.09. The molecule has 0 aliphatic rings. The van der Waals surface area contributed by atoms with Gasteiger partial charge in [-0.15, -0.1) is 0 Å². The van der Waals surface area contributed by atoms with Crippen LogP contribution >= 0.6 is 0 Å². The van der Waals surface area contributed by atoms with E-state index in [1.165, 1.54) is 0 Å². The molecule has 0 atom stereocenters. The third-order valence-electron chi connectivity index (χ3n) is 2.57. The van der Waals surface area contributed by atoms with E-state index in [1.54, 1.807) is 0 Å². The molecule has 0 saturated heterocycles. The molecule has 0 rings (SSSR count). The number of rotatable bonds is 12. The van der Waals surface area contributed by atoms with Gasteiger partial charge in [0.1, 0.15) is 0 Å². The summed E-state index contributed by atoms with van der Waals surface area (Å²) in [6.07, 6.45) is 3.91. The van der Waals surface area contributed by atoms with E-state index in [0.29, 0.717) is 19.4 Å². The first-order valence-corrected chi connectivity index (χ1v) is 8.44. The number of unbranched alkanes of at least 4 members (excludes halogenated alkanes) is 5. The monoisotopic (exact) mass is 358 g/mol. The summed E-state index contributed by atoms with van der Waals surface area (Å²) in [6.45, 7) is 3.48. The molecule has 23 heavy (non-hydrogen) atoms. The Kier molecular flexibility index (Phi) is 10.9. The van der Waals surface area contributed by atoms with Gasteiger partial charge < -0.3 is 13.7 Å². The summed E-state index contributed by atoms with van der Waals surface area (Å²) in [5, 5.41) is 0. The summed E-state index contributed by atoms with van der Waals surface area (Å²) < 4.78 is 57.6. The van der Waals surface area contributed by atoms with Crippen molar-refractivity contribution in [1.29, 1.82) is 0 Å². The van der Waals surface area contributed by atoms with E-state index in [2.05, 4.69) is 15.5 Å². The van der Waals surface area contributed by atoms with Crippen LogP contribution in [0.4, 0.5) is 13.6 Å². The molecule has 0 aromatic rings. The molecule has 0 N–H and O–H groups in total. The first-order chi connectivity index (χ1) is 10.8.